The van der Waals surface area contributed by atoms with Crippen molar-refractivity contribution in [2.75, 3.05) is 6.61 Å². The van der Waals surface area contributed by atoms with Gasteiger partial charge in [0.05, 0.1) is 28.8 Å². The average Bonchev–Trinajstić information content (AvgIpc) is 3.23. The van der Waals surface area contributed by atoms with Crippen molar-refractivity contribution in [2.45, 2.75) is 6.92 Å². The Kier molecular flexibility index (Phi) is 5.36. The van der Waals surface area contributed by atoms with Gasteiger partial charge in [-0.1, -0.05) is 0 Å². The summed E-state index contributed by atoms with van der Waals surface area (Å²) >= 11 is 1.07. The maximum atomic E-state index is 12.0. The molecular weight excluding hydrogens is 374 g/mol. The van der Waals surface area contributed by atoms with Crippen LogP contribution in [-0.2, 0) is 9.53 Å². The maximum absolute atomic E-state index is 12.0. The number of nitro groups is 1. The van der Waals surface area contributed by atoms with Crippen molar-refractivity contribution in [2.24, 2.45) is 4.99 Å². The number of furan rings is 1. The van der Waals surface area contributed by atoms with E-state index in [0.29, 0.717) is 27.9 Å². The van der Waals surface area contributed by atoms with Crippen LogP contribution in [0.25, 0.3) is 6.08 Å². The van der Waals surface area contributed by atoms with Crippen LogP contribution in [0.3, 0.4) is 0 Å². The van der Waals surface area contributed by atoms with Crippen LogP contribution in [0, 0.1) is 10.1 Å². The molecule has 2 aromatic rings. The van der Waals surface area contributed by atoms with Gasteiger partial charge in [0.15, 0.2) is 5.17 Å². The molecule has 0 spiro atoms. The second-order valence-electron chi connectivity index (χ2n) is 5.18. The number of amides is 1. The van der Waals surface area contributed by atoms with Gasteiger partial charge in [0.25, 0.3) is 5.91 Å². The predicted octanol–water partition coefficient (Wildman–Crippen LogP) is 3.26. The Hall–Kier alpha value is -3.40. The second kappa shape index (κ2) is 7.87. The van der Waals surface area contributed by atoms with Gasteiger partial charge in [0.1, 0.15) is 10.7 Å². The van der Waals surface area contributed by atoms with Gasteiger partial charge in [-0.25, -0.2) is 9.79 Å². The Bertz CT molecular complexity index is 961. The van der Waals surface area contributed by atoms with Crippen LogP contribution in [0.4, 0.5) is 11.6 Å². The van der Waals surface area contributed by atoms with E-state index in [9.17, 15) is 19.7 Å². The number of hydrogen-bond acceptors (Lipinski definition) is 8. The lowest BCUT2D eigenvalue weighted by molar-refractivity contribution is -0.402. The van der Waals surface area contributed by atoms with Crippen molar-refractivity contribution < 1.29 is 23.7 Å². The quantitative estimate of drug-likeness (QED) is 0.361. The molecule has 9 nitrogen and oxygen atoms in total. The molecule has 0 saturated carbocycles. The zero-order valence-electron chi connectivity index (χ0n) is 14.0. The van der Waals surface area contributed by atoms with Crippen LogP contribution in [-0.4, -0.2) is 28.6 Å². The molecule has 0 atom stereocenters. The van der Waals surface area contributed by atoms with Crippen molar-refractivity contribution in [3.05, 3.63) is 62.7 Å². The lowest BCUT2D eigenvalue weighted by atomic mass is 10.2. The van der Waals surface area contributed by atoms with Crippen LogP contribution in [0.15, 0.2) is 50.7 Å². The molecule has 1 aromatic carbocycles. The van der Waals surface area contributed by atoms with Gasteiger partial charge in [-0.3, -0.25) is 14.9 Å². The van der Waals surface area contributed by atoms with Gasteiger partial charge in [-0.05, 0) is 49.0 Å². The number of nitrogens with zero attached hydrogens (tertiary/aromatic N) is 2. The lowest BCUT2D eigenvalue weighted by Gasteiger charge is -2.02. The van der Waals surface area contributed by atoms with Crippen molar-refractivity contribution in [1.82, 2.24) is 5.32 Å². The molecule has 1 amide bonds. The molecule has 2 heterocycles. The number of esters is 1. The van der Waals surface area contributed by atoms with E-state index in [0.717, 1.165) is 11.8 Å². The third-order valence-corrected chi connectivity index (χ3v) is 4.24. The van der Waals surface area contributed by atoms with Crippen LogP contribution < -0.4 is 5.32 Å². The molecular formula is C17H13N3O6S. The molecule has 1 saturated heterocycles. The van der Waals surface area contributed by atoms with Gasteiger partial charge in [0, 0.05) is 6.08 Å². The first-order chi connectivity index (χ1) is 13.0. The molecule has 1 aliphatic heterocycles. The molecule has 3 rings (SSSR count). The summed E-state index contributed by atoms with van der Waals surface area (Å²) in [6, 6.07) is 9.04. The largest absolute Gasteiger partial charge is 0.462 e. The zero-order valence-corrected chi connectivity index (χ0v) is 14.8. The van der Waals surface area contributed by atoms with E-state index in [1.807, 2.05) is 0 Å². The fourth-order valence-corrected chi connectivity index (χ4v) is 2.95. The fourth-order valence-electron chi connectivity index (χ4n) is 2.13. The smallest absolute Gasteiger partial charge is 0.433 e. The summed E-state index contributed by atoms with van der Waals surface area (Å²) in [6.07, 6.45) is 1.40. The molecule has 27 heavy (non-hydrogen) atoms. The van der Waals surface area contributed by atoms with Gasteiger partial charge < -0.3 is 14.5 Å². The number of ether oxygens (including phenoxy) is 1. The van der Waals surface area contributed by atoms with E-state index in [4.69, 9.17) is 9.15 Å². The predicted molar refractivity (Wildman–Crippen MR) is 98.6 cm³/mol. The van der Waals surface area contributed by atoms with Crippen molar-refractivity contribution >= 4 is 46.5 Å². The Balaban J connectivity index is 1.73. The maximum Gasteiger partial charge on any atom is 0.433 e. The van der Waals surface area contributed by atoms with Crippen LogP contribution in [0.2, 0.25) is 0 Å². The van der Waals surface area contributed by atoms with Crippen molar-refractivity contribution in [1.29, 1.82) is 0 Å². The molecule has 0 unspecified atom stereocenters. The molecule has 1 fully saturated rings. The first-order valence-electron chi connectivity index (χ1n) is 7.77. The topological polar surface area (TPSA) is 124 Å². The minimum atomic E-state index is -0.656. The van der Waals surface area contributed by atoms with Gasteiger partial charge >= 0.3 is 11.9 Å². The van der Waals surface area contributed by atoms with Gasteiger partial charge in [0.2, 0.25) is 0 Å². The van der Waals surface area contributed by atoms with Crippen LogP contribution in [0.5, 0.6) is 0 Å². The highest BCUT2D eigenvalue weighted by Crippen LogP contribution is 2.29. The fraction of sp³-hybridized carbons (Fsp3) is 0.118. The van der Waals surface area contributed by atoms with Crippen LogP contribution in [0.1, 0.15) is 23.0 Å². The third kappa shape index (κ3) is 4.42. The van der Waals surface area contributed by atoms with Crippen molar-refractivity contribution in [3.8, 4) is 0 Å². The Labute approximate surface area is 157 Å². The average molecular weight is 387 g/mol. The molecule has 1 aromatic heterocycles. The van der Waals surface area contributed by atoms with E-state index in [2.05, 4.69) is 10.3 Å². The minimum Gasteiger partial charge on any atom is -0.462 e. The second-order valence-corrected chi connectivity index (χ2v) is 6.21. The summed E-state index contributed by atoms with van der Waals surface area (Å²) < 4.78 is 9.92. The Morgan fingerprint density at radius 2 is 2.07 bits per heavy atom. The standard InChI is InChI=1S/C17H13N3O6S/c1-2-25-16(22)10-3-5-11(6-4-10)18-17-19-15(21)13(27-17)9-12-7-8-14(26-12)20(23)24/h3-9H,2H2,1H3,(H,18,19,21)/b13-9-. The molecule has 0 radical (unpaired) electrons. The van der Waals surface area contributed by atoms with Crippen molar-refractivity contribution in [3.63, 3.8) is 0 Å². The summed E-state index contributed by atoms with van der Waals surface area (Å²) in [7, 11) is 0. The molecule has 0 aliphatic carbocycles. The molecule has 1 aliphatic rings. The molecule has 138 valence electrons. The number of amidine groups is 1. The first-order valence-corrected chi connectivity index (χ1v) is 8.59. The van der Waals surface area contributed by atoms with E-state index in [1.54, 1.807) is 31.2 Å². The number of hydrogen-bond donors (Lipinski definition) is 1. The monoisotopic (exact) mass is 387 g/mol. The third-order valence-electron chi connectivity index (χ3n) is 3.33. The number of rotatable bonds is 5. The number of carbonyl (C=O) groups excluding carboxylic acids is 2. The summed E-state index contributed by atoms with van der Waals surface area (Å²) in [6.45, 7) is 2.02. The summed E-state index contributed by atoms with van der Waals surface area (Å²) in [5, 5.41) is 13.6. The lowest BCUT2D eigenvalue weighted by Crippen LogP contribution is -2.19. The highest BCUT2D eigenvalue weighted by atomic mass is 32.2. The Morgan fingerprint density at radius 3 is 2.70 bits per heavy atom. The highest BCUT2D eigenvalue weighted by Gasteiger charge is 2.25. The van der Waals surface area contributed by atoms with E-state index in [-0.39, 0.29) is 11.7 Å². The van der Waals surface area contributed by atoms with E-state index in [1.165, 1.54) is 18.2 Å². The number of carbonyl (C=O) groups is 2. The highest BCUT2D eigenvalue weighted by molar-refractivity contribution is 8.18. The summed E-state index contributed by atoms with van der Waals surface area (Å²) in [5.74, 6) is -1.01. The molecule has 0 bridgehead atoms. The molecule has 1 N–H and O–H groups in total. The number of aliphatic imine (C=N–C) groups is 1. The van der Waals surface area contributed by atoms with Crippen LogP contribution >= 0.6 is 11.8 Å². The summed E-state index contributed by atoms with van der Waals surface area (Å²) in [4.78, 5) is 38.2. The number of thioether (sulfide) groups is 1. The minimum absolute atomic E-state index is 0.194. The Morgan fingerprint density at radius 1 is 1.33 bits per heavy atom. The first kappa shape index (κ1) is 18.4. The SMILES string of the molecule is CCOC(=O)c1ccc(N=C2NC(=O)/C(=C/c3ccc([N+](=O)[O-])o3)S2)cc1. The summed E-state index contributed by atoms with van der Waals surface area (Å²) in [5.41, 5.74) is 0.949. The number of nitrogens with one attached hydrogen (secondary N) is 1. The van der Waals surface area contributed by atoms with E-state index < -0.39 is 16.8 Å². The van der Waals surface area contributed by atoms with E-state index >= 15 is 0 Å². The normalized spacial score (nSPS) is 16.6. The van der Waals surface area contributed by atoms with Gasteiger partial charge in [-0.15, -0.1) is 0 Å². The number of benzene rings is 1. The molecule has 10 heteroatoms. The van der Waals surface area contributed by atoms with Gasteiger partial charge in [-0.2, -0.15) is 0 Å². The zero-order chi connectivity index (χ0) is 19.4.